The molecule has 1 aromatic rings. The Morgan fingerprint density at radius 2 is 1.88 bits per heavy atom. The molecule has 0 radical (unpaired) electrons. The predicted molar refractivity (Wildman–Crippen MR) is 101 cm³/mol. The largest absolute Gasteiger partial charge is 0.445 e. The Kier molecular flexibility index (Phi) is 7.45. The average molecular weight is 361 g/mol. The first-order valence-corrected chi connectivity index (χ1v) is 9.39. The van der Waals surface area contributed by atoms with E-state index >= 15 is 0 Å². The fourth-order valence-electron chi connectivity index (χ4n) is 3.34. The summed E-state index contributed by atoms with van der Waals surface area (Å²) in [6, 6.07) is 8.88. The predicted octanol–water partition coefficient (Wildman–Crippen LogP) is 2.67. The van der Waals surface area contributed by atoms with Gasteiger partial charge in [-0.15, -0.1) is 0 Å². The zero-order valence-corrected chi connectivity index (χ0v) is 16.0. The normalized spacial score (nSPS) is 21.1. The number of nitrogens with zero attached hydrogens (tertiary/aromatic N) is 1. The van der Waals surface area contributed by atoms with Crippen molar-refractivity contribution in [2.45, 2.75) is 64.3 Å². The molecule has 3 N–H and O–H groups in total. The minimum Gasteiger partial charge on any atom is -0.445 e. The SMILES string of the molecule is CC(C)[C@H](N)C(=O)N(C)[C@H]1CCCC[C@H]1NC(=O)OCc1ccccc1. The van der Waals surface area contributed by atoms with Gasteiger partial charge in [-0.1, -0.05) is 57.0 Å². The number of carbonyl (C=O) groups excluding carboxylic acids is 2. The van der Waals surface area contributed by atoms with Gasteiger partial charge in [0.15, 0.2) is 0 Å². The molecule has 144 valence electrons. The van der Waals surface area contributed by atoms with E-state index in [4.69, 9.17) is 10.5 Å². The summed E-state index contributed by atoms with van der Waals surface area (Å²) in [6.07, 6.45) is 3.31. The van der Waals surface area contributed by atoms with Crippen LogP contribution in [-0.4, -0.2) is 42.1 Å². The van der Waals surface area contributed by atoms with Crippen molar-refractivity contribution in [3.63, 3.8) is 0 Å². The van der Waals surface area contributed by atoms with Crippen LogP contribution in [0.1, 0.15) is 45.1 Å². The van der Waals surface area contributed by atoms with Gasteiger partial charge in [-0.05, 0) is 24.3 Å². The molecular formula is C20H31N3O3. The molecule has 0 saturated heterocycles. The topological polar surface area (TPSA) is 84.7 Å². The van der Waals surface area contributed by atoms with E-state index in [1.807, 2.05) is 44.2 Å². The zero-order chi connectivity index (χ0) is 19.1. The molecule has 6 heteroatoms. The van der Waals surface area contributed by atoms with Crippen molar-refractivity contribution < 1.29 is 14.3 Å². The van der Waals surface area contributed by atoms with Gasteiger partial charge < -0.3 is 20.7 Å². The zero-order valence-electron chi connectivity index (χ0n) is 16.0. The summed E-state index contributed by atoms with van der Waals surface area (Å²) in [5, 5.41) is 2.95. The van der Waals surface area contributed by atoms with Gasteiger partial charge in [0, 0.05) is 7.05 Å². The Hall–Kier alpha value is -2.08. The monoisotopic (exact) mass is 361 g/mol. The van der Waals surface area contributed by atoms with Crippen LogP contribution in [-0.2, 0) is 16.1 Å². The summed E-state index contributed by atoms with van der Waals surface area (Å²) in [6.45, 7) is 4.11. The number of hydrogen-bond donors (Lipinski definition) is 2. The van der Waals surface area contributed by atoms with Gasteiger partial charge in [0.1, 0.15) is 6.61 Å². The third kappa shape index (κ3) is 5.46. The number of nitrogens with two attached hydrogens (primary N) is 1. The number of likely N-dealkylation sites (N-methyl/N-ethyl adjacent to an activating group) is 1. The van der Waals surface area contributed by atoms with E-state index < -0.39 is 12.1 Å². The lowest BCUT2D eigenvalue weighted by Crippen LogP contribution is -2.57. The summed E-state index contributed by atoms with van der Waals surface area (Å²) in [5.41, 5.74) is 6.97. The lowest BCUT2D eigenvalue weighted by atomic mass is 9.88. The smallest absolute Gasteiger partial charge is 0.407 e. The minimum absolute atomic E-state index is 0.0506. The van der Waals surface area contributed by atoms with E-state index in [1.54, 1.807) is 11.9 Å². The van der Waals surface area contributed by atoms with E-state index in [1.165, 1.54) is 0 Å². The second-order valence-corrected chi connectivity index (χ2v) is 7.38. The number of nitrogens with one attached hydrogen (secondary N) is 1. The molecule has 1 aromatic carbocycles. The van der Waals surface area contributed by atoms with Crippen LogP contribution in [0.15, 0.2) is 30.3 Å². The quantitative estimate of drug-likeness (QED) is 0.816. The second-order valence-electron chi connectivity index (χ2n) is 7.38. The van der Waals surface area contributed by atoms with Crippen LogP contribution in [0.5, 0.6) is 0 Å². The molecule has 26 heavy (non-hydrogen) atoms. The van der Waals surface area contributed by atoms with Crippen LogP contribution < -0.4 is 11.1 Å². The fourth-order valence-corrected chi connectivity index (χ4v) is 3.34. The third-order valence-electron chi connectivity index (χ3n) is 5.09. The fraction of sp³-hybridized carbons (Fsp3) is 0.600. The van der Waals surface area contributed by atoms with Gasteiger partial charge >= 0.3 is 6.09 Å². The number of amides is 2. The summed E-state index contributed by atoms with van der Waals surface area (Å²) in [5.74, 6) is 0.00661. The molecular weight excluding hydrogens is 330 g/mol. The van der Waals surface area contributed by atoms with Crippen LogP contribution in [0.4, 0.5) is 4.79 Å². The summed E-state index contributed by atoms with van der Waals surface area (Å²) in [4.78, 5) is 26.5. The molecule has 1 fully saturated rings. The van der Waals surface area contributed by atoms with E-state index in [0.717, 1.165) is 31.2 Å². The first kappa shape index (κ1) is 20.2. The molecule has 2 amide bonds. The van der Waals surface area contributed by atoms with Gasteiger partial charge in [-0.2, -0.15) is 0 Å². The molecule has 1 saturated carbocycles. The maximum Gasteiger partial charge on any atom is 0.407 e. The average Bonchev–Trinajstić information content (AvgIpc) is 2.65. The number of hydrogen-bond acceptors (Lipinski definition) is 4. The van der Waals surface area contributed by atoms with E-state index in [0.29, 0.717) is 0 Å². The molecule has 1 aliphatic rings. The highest BCUT2D eigenvalue weighted by Gasteiger charge is 2.34. The van der Waals surface area contributed by atoms with Crippen molar-refractivity contribution in [1.82, 2.24) is 10.2 Å². The number of benzene rings is 1. The lowest BCUT2D eigenvalue weighted by Gasteiger charge is -2.39. The maximum absolute atomic E-state index is 12.6. The molecule has 1 aliphatic carbocycles. The van der Waals surface area contributed by atoms with Crippen molar-refractivity contribution in [3.05, 3.63) is 35.9 Å². The molecule has 0 aromatic heterocycles. The Morgan fingerprint density at radius 3 is 2.54 bits per heavy atom. The molecule has 0 unspecified atom stereocenters. The van der Waals surface area contributed by atoms with Gasteiger partial charge in [-0.3, -0.25) is 4.79 Å². The third-order valence-corrected chi connectivity index (χ3v) is 5.09. The van der Waals surface area contributed by atoms with Gasteiger partial charge in [-0.25, -0.2) is 4.79 Å². The maximum atomic E-state index is 12.6. The van der Waals surface area contributed by atoms with Crippen molar-refractivity contribution >= 4 is 12.0 Å². The summed E-state index contributed by atoms with van der Waals surface area (Å²) < 4.78 is 5.33. The first-order chi connectivity index (χ1) is 12.4. The first-order valence-electron chi connectivity index (χ1n) is 9.39. The van der Waals surface area contributed by atoms with Crippen LogP contribution >= 0.6 is 0 Å². The van der Waals surface area contributed by atoms with Crippen LogP contribution in [0.3, 0.4) is 0 Å². The molecule has 0 bridgehead atoms. The van der Waals surface area contributed by atoms with E-state index in [9.17, 15) is 9.59 Å². The van der Waals surface area contributed by atoms with Crippen LogP contribution in [0.2, 0.25) is 0 Å². The lowest BCUT2D eigenvalue weighted by molar-refractivity contribution is -0.135. The van der Waals surface area contributed by atoms with Crippen LogP contribution in [0, 0.1) is 5.92 Å². The summed E-state index contributed by atoms with van der Waals surface area (Å²) in [7, 11) is 1.78. The standard InChI is InChI=1S/C20H31N3O3/c1-14(2)18(21)19(24)23(3)17-12-8-7-11-16(17)22-20(25)26-13-15-9-5-4-6-10-15/h4-6,9-10,14,16-18H,7-8,11-13,21H2,1-3H3,(H,22,25)/t16-,17+,18+/m1/s1. The van der Waals surface area contributed by atoms with Crippen LogP contribution in [0.25, 0.3) is 0 Å². The highest BCUT2D eigenvalue weighted by molar-refractivity contribution is 5.82. The molecule has 6 nitrogen and oxygen atoms in total. The molecule has 0 aliphatic heterocycles. The van der Waals surface area contributed by atoms with Gasteiger partial charge in [0.05, 0.1) is 18.1 Å². The molecule has 0 spiro atoms. The molecule has 0 heterocycles. The second kappa shape index (κ2) is 9.57. The number of ether oxygens (including phenoxy) is 1. The Bertz CT molecular complexity index is 591. The Balaban J connectivity index is 1.92. The van der Waals surface area contributed by atoms with E-state index in [-0.39, 0.29) is 30.5 Å². The highest BCUT2D eigenvalue weighted by atomic mass is 16.5. The van der Waals surface area contributed by atoms with Crippen molar-refractivity contribution in [3.8, 4) is 0 Å². The number of carbonyl (C=O) groups is 2. The Labute approximate surface area is 156 Å². The number of alkyl carbamates (subject to hydrolysis) is 1. The molecule has 3 atom stereocenters. The number of rotatable bonds is 6. The summed E-state index contributed by atoms with van der Waals surface area (Å²) >= 11 is 0. The Morgan fingerprint density at radius 1 is 1.23 bits per heavy atom. The van der Waals surface area contributed by atoms with Gasteiger partial charge in [0.25, 0.3) is 0 Å². The van der Waals surface area contributed by atoms with E-state index in [2.05, 4.69) is 5.32 Å². The van der Waals surface area contributed by atoms with Crippen molar-refractivity contribution in [2.75, 3.05) is 7.05 Å². The minimum atomic E-state index is -0.521. The van der Waals surface area contributed by atoms with Crippen molar-refractivity contribution in [2.24, 2.45) is 11.7 Å². The highest BCUT2D eigenvalue weighted by Crippen LogP contribution is 2.23. The van der Waals surface area contributed by atoms with Crippen molar-refractivity contribution in [1.29, 1.82) is 0 Å². The van der Waals surface area contributed by atoms with Gasteiger partial charge in [0.2, 0.25) is 5.91 Å². The molecule has 2 rings (SSSR count).